The van der Waals surface area contributed by atoms with Crippen LogP contribution in [0.2, 0.25) is 0 Å². The van der Waals surface area contributed by atoms with Crippen molar-refractivity contribution in [2.45, 2.75) is 18.9 Å². The molecule has 2 aliphatic rings. The summed E-state index contributed by atoms with van der Waals surface area (Å²) in [7, 11) is 0. The van der Waals surface area contributed by atoms with E-state index in [2.05, 4.69) is 15.9 Å². The van der Waals surface area contributed by atoms with Crippen LogP contribution in [-0.2, 0) is 9.59 Å². The Balaban J connectivity index is 1.87. The highest BCUT2D eigenvalue weighted by Crippen LogP contribution is 2.30. The van der Waals surface area contributed by atoms with Gasteiger partial charge in [-0.1, -0.05) is 15.9 Å². The lowest BCUT2D eigenvalue weighted by molar-refractivity contribution is -0.147. The van der Waals surface area contributed by atoms with Gasteiger partial charge in [0.1, 0.15) is 18.4 Å². The summed E-state index contributed by atoms with van der Waals surface area (Å²) in [6.45, 7) is 0.661. The first-order valence-corrected chi connectivity index (χ1v) is 7.52. The molecule has 2 heterocycles. The Morgan fingerprint density at radius 1 is 1.38 bits per heavy atom. The van der Waals surface area contributed by atoms with Gasteiger partial charge in [-0.05, 0) is 37.1 Å². The van der Waals surface area contributed by atoms with Crippen LogP contribution in [0.1, 0.15) is 18.4 Å². The van der Waals surface area contributed by atoms with Gasteiger partial charge in [0, 0.05) is 16.6 Å². The van der Waals surface area contributed by atoms with Crippen LogP contribution in [0, 0.1) is 0 Å². The fourth-order valence-electron chi connectivity index (χ4n) is 2.72. The Kier molecular flexibility index (Phi) is 3.71. The summed E-state index contributed by atoms with van der Waals surface area (Å²) in [5.41, 5.74) is 1.32. The molecule has 0 aliphatic carbocycles. The van der Waals surface area contributed by atoms with Crippen molar-refractivity contribution in [1.29, 1.82) is 0 Å². The number of aliphatic carboxylic acids is 1. The first-order valence-electron chi connectivity index (χ1n) is 6.73. The molecule has 21 heavy (non-hydrogen) atoms. The molecule has 0 unspecified atom stereocenters. The number of hydrogen-bond acceptors (Lipinski definition) is 3. The van der Waals surface area contributed by atoms with Gasteiger partial charge >= 0.3 is 5.97 Å². The van der Waals surface area contributed by atoms with Gasteiger partial charge in [-0.15, -0.1) is 0 Å². The van der Waals surface area contributed by atoms with Crippen molar-refractivity contribution < 1.29 is 19.4 Å². The lowest BCUT2D eigenvalue weighted by Gasteiger charge is -2.25. The quantitative estimate of drug-likeness (QED) is 0.887. The van der Waals surface area contributed by atoms with Crippen molar-refractivity contribution in [2.24, 2.45) is 0 Å². The molecule has 1 saturated heterocycles. The smallest absolute Gasteiger partial charge is 0.326 e. The van der Waals surface area contributed by atoms with Crippen LogP contribution in [0.15, 0.2) is 28.2 Å². The summed E-state index contributed by atoms with van der Waals surface area (Å²) >= 11 is 3.38. The van der Waals surface area contributed by atoms with Gasteiger partial charge in [-0.2, -0.15) is 0 Å². The highest BCUT2D eigenvalue weighted by atomic mass is 79.9. The fourth-order valence-corrected chi connectivity index (χ4v) is 3.10. The van der Waals surface area contributed by atoms with Gasteiger partial charge in [-0.25, -0.2) is 4.79 Å². The zero-order valence-electron chi connectivity index (χ0n) is 11.2. The number of ether oxygens (including phenoxy) is 1. The molecule has 0 bridgehead atoms. The highest BCUT2D eigenvalue weighted by Gasteiger charge is 2.35. The molecule has 1 fully saturated rings. The van der Waals surface area contributed by atoms with Crippen molar-refractivity contribution in [3.63, 3.8) is 0 Å². The fraction of sp³-hybridized carbons (Fsp3) is 0.333. The average Bonchev–Trinajstić information content (AvgIpc) is 2.95. The van der Waals surface area contributed by atoms with Crippen molar-refractivity contribution in [1.82, 2.24) is 4.90 Å². The standard InChI is InChI=1S/C15H14BrNO4/c16-11-3-4-13-9(7-11)6-10(8-21-13)14(18)17-5-1-2-12(17)15(19)20/h3-4,6-7,12H,1-2,5,8H2,(H,19,20)/t12-/m0/s1. The van der Waals surface area contributed by atoms with Gasteiger partial charge in [0.15, 0.2) is 0 Å². The van der Waals surface area contributed by atoms with Crippen LogP contribution in [-0.4, -0.2) is 41.1 Å². The van der Waals surface area contributed by atoms with E-state index < -0.39 is 12.0 Å². The second-order valence-electron chi connectivity index (χ2n) is 5.14. The SMILES string of the molecule is O=C(O)[C@@H]1CCCN1C(=O)C1=Cc2cc(Br)ccc2OC1. The molecule has 5 nitrogen and oxygen atoms in total. The molecule has 3 rings (SSSR count). The lowest BCUT2D eigenvalue weighted by atomic mass is 10.1. The number of benzene rings is 1. The van der Waals surface area contributed by atoms with E-state index in [1.54, 1.807) is 6.08 Å². The van der Waals surface area contributed by atoms with E-state index in [9.17, 15) is 14.7 Å². The molecule has 0 spiro atoms. The van der Waals surface area contributed by atoms with Crippen LogP contribution in [0.3, 0.4) is 0 Å². The largest absolute Gasteiger partial charge is 0.488 e. The monoisotopic (exact) mass is 351 g/mol. The summed E-state index contributed by atoms with van der Waals surface area (Å²) in [4.78, 5) is 25.1. The van der Waals surface area contributed by atoms with Crippen molar-refractivity contribution in [3.8, 4) is 5.75 Å². The van der Waals surface area contributed by atoms with Gasteiger partial charge in [0.2, 0.25) is 0 Å². The first kappa shape index (κ1) is 14.1. The zero-order valence-corrected chi connectivity index (χ0v) is 12.8. The van der Waals surface area contributed by atoms with Crippen LogP contribution < -0.4 is 4.74 Å². The Labute approximate surface area is 130 Å². The zero-order chi connectivity index (χ0) is 15.0. The van der Waals surface area contributed by atoms with Crippen LogP contribution in [0.4, 0.5) is 0 Å². The predicted molar refractivity (Wildman–Crippen MR) is 80.0 cm³/mol. The molecule has 0 aromatic heterocycles. The minimum Gasteiger partial charge on any atom is -0.488 e. The van der Waals surface area contributed by atoms with E-state index in [1.165, 1.54) is 4.90 Å². The molecule has 1 atom stereocenters. The average molecular weight is 352 g/mol. The number of rotatable bonds is 2. The van der Waals surface area contributed by atoms with Crippen LogP contribution in [0.25, 0.3) is 6.08 Å². The van der Waals surface area contributed by atoms with E-state index in [1.807, 2.05) is 18.2 Å². The third-order valence-corrected chi connectivity index (χ3v) is 4.25. The number of hydrogen-bond donors (Lipinski definition) is 1. The lowest BCUT2D eigenvalue weighted by Crippen LogP contribution is -2.42. The molecule has 6 heteroatoms. The molecular weight excluding hydrogens is 338 g/mol. The Morgan fingerprint density at radius 3 is 2.95 bits per heavy atom. The molecule has 1 aromatic carbocycles. The highest BCUT2D eigenvalue weighted by molar-refractivity contribution is 9.10. The van der Waals surface area contributed by atoms with Gasteiger partial charge in [0.05, 0.1) is 5.57 Å². The molecule has 1 N–H and O–H groups in total. The number of carboxylic acid groups (broad SMARTS) is 1. The first-order chi connectivity index (χ1) is 10.1. The second kappa shape index (κ2) is 5.52. The summed E-state index contributed by atoms with van der Waals surface area (Å²) in [6, 6.07) is 4.87. The third-order valence-electron chi connectivity index (χ3n) is 3.76. The molecule has 1 aromatic rings. The Morgan fingerprint density at radius 2 is 2.19 bits per heavy atom. The summed E-state index contributed by atoms with van der Waals surface area (Å²) in [5, 5.41) is 9.17. The maximum absolute atomic E-state index is 12.5. The number of likely N-dealkylation sites (tertiary alicyclic amines) is 1. The van der Waals surface area contributed by atoms with Crippen LogP contribution in [0.5, 0.6) is 5.75 Å². The van der Waals surface area contributed by atoms with Crippen molar-refractivity contribution in [2.75, 3.05) is 13.2 Å². The maximum atomic E-state index is 12.5. The number of amides is 1. The van der Waals surface area contributed by atoms with Gasteiger partial charge in [-0.3, -0.25) is 4.79 Å². The van der Waals surface area contributed by atoms with E-state index >= 15 is 0 Å². The number of nitrogens with zero attached hydrogens (tertiary/aromatic N) is 1. The Hall–Kier alpha value is -1.82. The molecule has 2 aliphatic heterocycles. The molecule has 110 valence electrons. The van der Waals surface area contributed by atoms with E-state index in [-0.39, 0.29) is 12.5 Å². The Bertz CT molecular complexity index is 641. The number of carbonyl (C=O) groups is 2. The number of carbonyl (C=O) groups excluding carboxylic acids is 1. The maximum Gasteiger partial charge on any atom is 0.326 e. The molecule has 1 amide bonds. The normalized spacial score (nSPS) is 20.5. The molecule has 0 saturated carbocycles. The van der Waals surface area contributed by atoms with Crippen molar-refractivity contribution >= 4 is 33.9 Å². The third kappa shape index (κ3) is 2.68. The number of carboxylic acids is 1. The van der Waals surface area contributed by atoms with Crippen LogP contribution >= 0.6 is 15.9 Å². The number of halogens is 1. The predicted octanol–water partition coefficient (Wildman–Crippen LogP) is 2.30. The summed E-state index contributed by atoms with van der Waals surface area (Å²) in [6.07, 6.45) is 3.01. The van der Waals surface area contributed by atoms with Gasteiger partial charge in [0.25, 0.3) is 5.91 Å². The topological polar surface area (TPSA) is 66.8 Å². The van der Waals surface area contributed by atoms with E-state index in [0.717, 1.165) is 22.2 Å². The molecule has 0 radical (unpaired) electrons. The van der Waals surface area contributed by atoms with E-state index in [0.29, 0.717) is 18.5 Å². The second-order valence-corrected chi connectivity index (χ2v) is 6.05. The summed E-state index contributed by atoms with van der Waals surface area (Å²) in [5.74, 6) is -0.460. The van der Waals surface area contributed by atoms with Gasteiger partial charge < -0.3 is 14.7 Å². The minimum atomic E-state index is -0.943. The number of fused-ring (bicyclic) bond motifs is 1. The van der Waals surface area contributed by atoms with E-state index in [4.69, 9.17) is 4.74 Å². The minimum absolute atomic E-state index is 0.177. The van der Waals surface area contributed by atoms with Crippen molar-refractivity contribution in [3.05, 3.63) is 33.8 Å². The summed E-state index contributed by atoms with van der Waals surface area (Å²) < 4.78 is 6.49. The molecular formula is C15H14BrNO4.